The first-order valence-electron chi connectivity index (χ1n) is 3.71. The van der Waals surface area contributed by atoms with Gasteiger partial charge in [0, 0.05) is 12.1 Å². The molecule has 0 amide bonds. The zero-order valence-electron chi connectivity index (χ0n) is 6.98. The van der Waals surface area contributed by atoms with E-state index in [9.17, 15) is 0 Å². The summed E-state index contributed by atoms with van der Waals surface area (Å²) in [7, 11) is -1.95. The summed E-state index contributed by atoms with van der Waals surface area (Å²) < 4.78 is 5.60. The van der Waals surface area contributed by atoms with Gasteiger partial charge in [-0.05, 0) is 6.42 Å². The molecular formula is C8H15ClOSi. The minimum absolute atomic E-state index is 0.514. The maximum atomic E-state index is 5.75. The number of alkyl halides is 1. The Bertz CT molecular complexity index is 128. The predicted octanol–water partition coefficient (Wildman–Crippen LogP) is 2.59. The molecule has 0 bridgehead atoms. The molecule has 0 aliphatic rings. The summed E-state index contributed by atoms with van der Waals surface area (Å²) >= 11 is 5.75. The lowest BCUT2D eigenvalue weighted by molar-refractivity contribution is 0.317. The van der Waals surface area contributed by atoms with E-state index in [4.69, 9.17) is 16.0 Å². The molecule has 1 nitrogen and oxygen atoms in total. The topological polar surface area (TPSA) is 9.23 Å². The maximum Gasteiger partial charge on any atom is 0.254 e. The lowest BCUT2D eigenvalue weighted by Crippen LogP contribution is -2.37. The molecule has 0 aliphatic carbocycles. The van der Waals surface area contributed by atoms with E-state index in [0.29, 0.717) is 5.50 Å². The lowest BCUT2D eigenvalue weighted by atomic mass is 10.5. The second-order valence-corrected chi connectivity index (χ2v) is 6.43. The van der Waals surface area contributed by atoms with Crippen LogP contribution in [0, 0.1) is 0 Å². The molecule has 0 radical (unpaired) electrons. The van der Waals surface area contributed by atoms with Crippen LogP contribution in [0.25, 0.3) is 0 Å². The average molecular weight is 191 g/mol. The Balaban J connectivity index is 4.05. The summed E-state index contributed by atoms with van der Waals surface area (Å²) in [5.41, 5.74) is 4.16. The van der Waals surface area contributed by atoms with Gasteiger partial charge in [0.2, 0.25) is 0 Å². The van der Waals surface area contributed by atoms with Crippen LogP contribution < -0.4 is 0 Å². The van der Waals surface area contributed by atoms with Crippen LogP contribution in [0.3, 0.4) is 0 Å². The fraction of sp³-hybridized carbons (Fsp3) is 0.500. The van der Waals surface area contributed by atoms with Gasteiger partial charge in [0.1, 0.15) is 0 Å². The van der Waals surface area contributed by atoms with Crippen LogP contribution in [0.4, 0.5) is 0 Å². The Morgan fingerprint density at radius 2 is 2.00 bits per heavy atom. The third kappa shape index (κ3) is 3.23. The fourth-order valence-corrected chi connectivity index (χ4v) is 2.81. The molecular weight excluding hydrogens is 176 g/mol. The van der Waals surface area contributed by atoms with Crippen LogP contribution in [-0.4, -0.2) is 20.4 Å². The van der Waals surface area contributed by atoms with E-state index in [1.54, 1.807) is 0 Å². The van der Waals surface area contributed by atoms with Crippen LogP contribution in [0.2, 0.25) is 0 Å². The Kier molecular flexibility index (Phi) is 5.55. The van der Waals surface area contributed by atoms with E-state index in [1.165, 1.54) is 0 Å². The van der Waals surface area contributed by atoms with Crippen LogP contribution in [-0.2, 0) is 4.43 Å². The van der Waals surface area contributed by atoms with Crippen molar-refractivity contribution in [3.8, 4) is 0 Å². The highest BCUT2D eigenvalue weighted by Crippen LogP contribution is 2.10. The van der Waals surface area contributed by atoms with Crippen molar-refractivity contribution in [2.45, 2.75) is 13.3 Å². The van der Waals surface area contributed by atoms with Crippen molar-refractivity contribution in [3.63, 3.8) is 0 Å². The summed E-state index contributed by atoms with van der Waals surface area (Å²) in [6.45, 7) is 10.2. The van der Waals surface area contributed by atoms with Gasteiger partial charge in [-0.3, -0.25) is 0 Å². The molecule has 0 N–H and O–H groups in total. The van der Waals surface area contributed by atoms with Crippen molar-refractivity contribution in [1.82, 2.24) is 0 Å². The van der Waals surface area contributed by atoms with E-state index in [-0.39, 0.29) is 0 Å². The van der Waals surface area contributed by atoms with Crippen LogP contribution in [0.5, 0.6) is 0 Å². The second kappa shape index (κ2) is 5.58. The van der Waals surface area contributed by atoms with Crippen molar-refractivity contribution in [3.05, 3.63) is 24.6 Å². The first-order chi connectivity index (χ1) is 5.24. The number of halogens is 1. The number of hydrogen-bond donors (Lipinski definition) is 0. The first-order valence-corrected chi connectivity index (χ1v) is 6.52. The average Bonchev–Trinajstić information content (AvgIpc) is 2.08. The maximum absolute atomic E-state index is 5.75. The van der Waals surface area contributed by atoms with Gasteiger partial charge in [-0.15, -0.1) is 24.8 Å². The molecule has 0 saturated heterocycles. The van der Waals surface area contributed by atoms with E-state index >= 15 is 0 Å². The summed E-state index contributed by atoms with van der Waals surface area (Å²) in [4.78, 5) is 0. The standard InChI is InChI=1S/C8H15ClOSi/c1-4-7-10-11(5-2,6-3)8-9/h5-6H,2-4,7-8H2,1H3. The molecule has 0 atom stereocenters. The number of hydrogen-bond acceptors (Lipinski definition) is 1. The Morgan fingerprint density at radius 1 is 1.45 bits per heavy atom. The van der Waals surface area contributed by atoms with Crippen molar-refractivity contribution >= 4 is 19.9 Å². The largest absolute Gasteiger partial charge is 0.408 e. The zero-order chi connectivity index (χ0) is 8.74. The van der Waals surface area contributed by atoms with Gasteiger partial charge in [0.15, 0.2) is 0 Å². The molecule has 3 heteroatoms. The van der Waals surface area contributed by atoms with Crippen LogP contribution >= 0.6 is 11.6 Å². The molecule has 0 rings (SSSR count). The van der Waals surface area contributed by atoms with Gasteiger partial charge >= 0.3 is 0 Å². The minimum Gasteiger partial charge on any atom is -0.408 e. The molecule has 0 aromatic carbocycles. The molecule has 0 aliphatic heterocycles. The Labute approximate surface area is 74.8 Å². The molecule has 0 aromatic heterocycles. The summed E-state index contributed by atoms with van der Waals surface area (Å²) in [5, 5.41) is 0. The molecule has 0 unspecified atom stereocenters. The van der Waals surface area contributed by atoms with Crippen molar-refractivity contribution < 1.29 is 4.43 Å². The molecule has 0 heterocycles. The van der Waals surface area contributed by atoms with Gasteiger partial charge < -0.3 is 4.43 Å². The van der Waals surface area contributed by atoms with E-state index in [0.717, 1.165) is 13.0 Å². The summed E-state index contributed by atoms with van der Waals surface area (Å²) in [5.74, 6) is 0. The smallest absolute Gasteiger partial charge is 0.254 e. The summed E-state index contributed by atoms with van der Waals surface area (Å²) in [6.07, 6.45) is 1.01. The number of rotatable bonds is 6. The van der Waals surface area contributed by atoms with Crippen LogP contribution in [0.1, 0.15) is 13.3 Å². The normalized spacial score (nSPS) is 11.1. The van der Waals surface area contributed by atoms with Crippen molar-refractivity contribution in [2.24, 2.45) is 0 Å². The van der Waals surface area contributed by atoms with E-state index < -0.39 is 8.32 Å². The molecule has 64 valence electrons. The third-order valence-corrected chi connectivity index (χ3v) is 5.27. The van der Waals surface area contributed by atoms with E-state index in [2.05, 4.69) is 20.1 Å². The van der Waals surface area contributed by atoms with Gasteiger partial charge in [-0.1, -0.05) is 18.3 Å². The van der Waals surface area contributed by atoms with Crippen molar-refractivity contribution in [2.75, 3.05) is 12.1 Å². The lowest BCUT2D eigenvalue weighted by Gasteiger charge is -2.20. The van der Waals surface area contributed by atoms with Crippen LogP contribution in [0.15, 0.2) is 24.6 Å². The first kappa shape index (κ1) is 10.9. The highest BCUT2D eigenvalue weighted by molar-refractivity contribution is 6.88. The summed E-state index contributed by atoms with van der Waals surface area (Å²) in [6, 6.07) is 0. The SMILES string of the molecule is C=C[Si](C=C)(CCl)OCCC. The van der Waals surface area contributed by atoms with Gasteiger partial charge in [0.25, 0.3) is 8.32 Å². The van der Waals surface area contributed by atoms with Crippen molar-refractivity contribution in [1.29, 1.82) is 0 Å². The van der Waals surface area contributed by atoms with Gasteiger partial charge in [-0.25, -0.2) is 0 Å². The van der Waals surface area contributed by atoms with Gasteiger partial charge in [-0.2, -0.15) is 0 Å². The zero-order valence-corrected chi connectivity index (χ0v) is 8.73. The highest BCUT2D eigenvalue weighted by atomic mass is 35.5. The molecule has 0 fully saturated rings. The minimum atomic E-state index is -1.95. The Morgan fingerprint density at radius 3 is 2.27 bits per heavy atom. The fourth-order valence-electron chi connectivity index (χ4n) is 0.641. The third-order valence-electron chi connectivity index (χ3n) is 1.47. The molecule has 0 saturated carbocycles. The van der Waals surface area contributed by atoms with E-state index in [1.807, 2.05) is 11.4 Å². The monoisotopic (exact) mass is 190 g/mol. The molecule has 0 aromatic rings. The van der Waals surface area contributed by atoms with Gasteiger partial charge in [0.05, 0.1) is 0 Å². The molecule has 0 spiro atoms. The predicted molar refractivity (Wildman–Crippen MR) is 53.1 cm³/mol. The Hall–Kier alpha value is -0.0531. The molecule has 11 heavy (non-hydrogen) atoms. The highest BCUT2D eigenvalue weighted by Gasteiger charge is 2.25. The quantitative estimate of drug-likeness (QED) is 0.462. The second-order valence-electron chi connectivity index (χ2n) is 2.35.